The molecule has 1 heterocycles. The Morgan fingerprint density at radius 1 is 1.23 bits per heavy atom. The van der Waals surface area contributed by atoms with E-state index >= 15 is 0 Å². The van der Waals surface area contributed by atoms with Crippen LogP contribution in [0.1, 0.15) is 11.1 Å². The van der Waals surface area contributed by atoms with E-state index in [1.165, 1.54) is 6.07 Å². The molecule has 1 fully saturated rings. The van der Waals surface area contributed by atoms with Crippen LogP contribution in [0.5, 0.6) is 0 Å². The lowest BCUT2D eigenvalue weighted by Crippen LogP contribution is -2.33. The average Bonchev–Trinajstić information content (AvgIpc) is 2.62. The molecule has 0 spiro atoms. The Labute approximate surface area is 125 Å². The van der Waals surface area contributed by atoms with E-state index in [1.54, 1.807) is 0 Å². The number of sulfone groups is 2. The van der Waals surface area contributed by atoms with Crippen molar-refractivity contribution in [2.24, 2.45) is 0 Å². The second-order valence-electron chi connectivity index (χ2n) is 5.19. The fourth-order valence-corrected chi connectivity index (χ4v) is 6.93. The highest BCUT2D eigenvalue weighted by Gasteiger charge is 2.44. The topological polar surface area (TPSA) is 88.5 Å². The Bertz CT molecular complexity index is 768. The molecule has 1 aromatic rings. The molecule has 1 N–H and O–H groups in total. The van der Waals surface area contributed by atoms with Crippen molar-refractivity contribution in [2.45, 2.75) is 23.3 Å². The van der Waals surface area contributed by atoms with Crippen LogP contribution in [0.2, 0.25) is 0 Å². The molecule has 0 saturated carbocycles. The largest absolute Gasteiger partial charge is 0.416 e. The molecule has 1 aliphatic rings. The molecule has 1 aromatic carbocycles. The molecule has 0 amide bonds. The Morgan fingerprint density at radius 3 is 2.36 bits per heavy atom. The fraction of sp³-hybridized carbons (Fsp3) is 0.500. The summed E-state index contributed by atoms with van der Waals surface area (Å²) in [5.74, 6) is -2.12. The van der Waals surface area contributed by atoms with Crippen molar-refractivity contribution in [3.63, 3.8) is 0 Å². The van der Waals surface area contributed by atoms with Gasteiger partial charge in [-0.3, -0.25) is 0 Å². The number of benzene rings is 1. The molecule has 22 heavy (non-hydrogen) atoms. The fourth-order valence-electron chi connectivity index (χ4n) is 2.32. The lowest BCUT2D eigenvalue weighted by molar-refractivity contribution is -0.137. The first-order valence-electron chi connectivity index (χ1n) is 6.17. The highest BCUT2D eigenvalue weighted by molar-refractivity contribution is 7.96. The quantitative estimate of drug-likeness (QED) is 0.863. The zero-order valence-corrected chi connectivity index (χ0v) is 12.7. The molecule has 2 rings (SSSR count). The van der Waals surface area contributed by atoms with Crippen LogP contribution in [-0.4, -0.2) is 44.8 Å². The third kappa shape index (κ3) is 3.79. The number of rotatable bonds is 3. The minimum atomic E-state index is -4.60. The standard InChI is InChI=1S/C12H13F3O5S2/c13-12(14,15)9-3-1-2-8(4-9)5-22(19,20)11-7-21(17,18)6-10(11)16/h1-4,10-11,16H,5-7H2. The first kappa shape index (κ1) is 17.2. The third-order valence-corrected chi connectivity index (χ3v) is 7.42. The smallest absolute Gasteiger partial charge is 0.391 e. The minimum absolute atomic E-state index is 0.105. The average molecular weight is 358 g/mol. The SMILES string of the molecule is O=S1(=O)CC(O)C(S(=O)(=O)Cc2cccc(C(F)(F)F)c2)C1. The van der Waals surface area contributed by atoms with Crippen LogP contribution >= 0.6 is 0 Å². The minimum Gasteiger partial charge on any atom is -0.391 e. The molecular formula is C12H13F3O5S2. The summed E-state index contributed by atoms with van der Waals surface area (Å²) in [5, 5.41) is 8.08. The van der Waals surface area contributed by atoms with Gasteiger partial charge in [-0.05, 0) is 11.6 Å². The van der Waals surface area contributed by atoms with Crippen molar-refractivity contribution >= 4 is 19.7 Å². The molecule has 0 aromatic heterocycles. The van der Waals surface area contributed by atoms with Gasteiger partial charge in [-0.1, -0.05) is 18.2 Å². The number of hydrogen-bond acceptors (Lipinski definition) is 5. The third-order valence-electron chi connectivity index (χ3n) is 3.36. The number of aliphatic hydroxyl groups is 1. The number of hydrogen-bond donors (Lipinski definition) is 1. The lowest BCUT2D eigenvalue weighted by atomic mass is 10.1. The van der Waals surface area contributed by atoms with Crippen LogP contribution in [0.15, 0.2) is 24.3 Å². The summed E-state index contributed by atoms with van der Waals surface area (Å²) in [6, 6.07) is 3.80. The molecule has 1 aliphatic heterocycles. The molecule has 1 saturated heterocycles. The molecule has 2 atom stereocenters. The Balaban J connectivity index is 2.27. The van der Waals surface area contributed by atoms with Crippen LogP contribution in [0.25, 0.3) is 0 Å². The molecule has 5 nitrogen and oxygen atoms in total. The number of alkyl halides is 3. The molecule has 10 heteroatoms. The highest BCUT2D eigenvalue weighted by Crippen LogP contribution is 2.30. The summed E-state index contributed by atoms with van der Waals surface area (Å²) in [7, 11) is -7.75. The van der Waals surface area contributed by atoms with Gasteiger partial charge in [-0.2, -0.15) is 13.2 Å². The normalized spacial score (nSPS) is 25.3. The van der Waals surface area contributed by atoms with E-state index < -0.39 is 60.0 Å². The van der Waals surface area contributed by atoms with Crippen molar-refractivity contribution < 1.29 is 35.1 Å². The predicted octanol–water partition coefficient (Wildman–Crippen LogP) is 0.778. The monoisotopic (exact) mass is 358 g/mol. The van der Waals surface area contributed by atoms with Crippen molar-refractivity contribution in [3.8, 4) is 0 Å². The van der Waals surface area contributed by atoms with Gasteiger partial charge in [0.1, 0.15) is 5.25 Å². The second kappa shape index (κ2) is 5.50. The van der Waals surface area contributed by atoms with Gasteiger partial charge in [0.2, 0.25) is 0 Å². The van der Waals surface area contributed by atoms with Crippen LogP contribution in [0.3, 0.4) is 0 Å². The second-order valence-corrected chi connectivity index (χ2v) is 9.56. The molecule has 124 valence electrons. The van der Waals surface area contributed by atoms with Gasteiger partial charge < -0.3 is 5.11 Å². The van der Waals surface area contributed by atoms with E-state index in [1.807, 2.05) is 0 Å². The van der Waals surface area contributed by atoms with Gasteiger partial charge in [-0.25, -0.2) is 16.8 Å². The van der Waals surface area contributed by atoms with E-state index in [0.29, 0.717) is 6.07 Å². The van der Waals surface area contributed by atoms with Crippen molar-refractivity contribution in [1.82, 2.24) is 0 Å². The molecule has 0 radical (unpaired) electrons. The maximum Gasteiger partial charge on any atom is 0.416 e. The van der Waals surface area contributed by atoms with Crippen LogP contribution < -0.4 is 0 Å². The predicted molar refractivity (Wildman–Crippen MR) is 72.5 cm³/mol. The van der Waals surface area contributed by atoms with Crippen molar-refractivity contribution in [3.05, 3.63) is 35.4 Å². The summed E-state index contributed by atoms with van der Waals surface area (Å²) in [6.45, 7) is 0. The Morgan fingerprint density at radius 2 is 1.86 bits per heavy atom. The van der Waals surface area contributed by atoms with E-state index in [-0.39, 0.29) is 5.56 Å². The first-order chi connectivity index (χ1) is 9.91. The molecule has 0 aliphatic carbocycles. The molecule has 0 bridgehead atoms. The zero-order chi connectivity index (χ0) is 16.8. The maximum absolute atomic E-state index is 12.6. The van der Waals surface area contributed by atoms with Gasteiger partial charge in [0.15, 0.2) is 19.7 Å². The summed E-state index contributed by atoms with van der Waals surface area (Å²) in [6.07, 6.45) is -6.16. The maximum atomic E-state index is 12.6. The highest BCUT2D eigenvalue weighted by atomic mass is 32.2. The molecular weight excluding hydrogens is 345 g/mol. The van der Waals surface area contributed by atoms with Crippen molar-refractivity contribution in [2.75, 3.05) is 11.5 Å². The summed E-state index contributed by atoms with van der Waals surface area (Å²) in [5.41, 5.74) is -1.09. The Hall–Kier alpha value is -1.13. The molecule has 2 unspecified atom stereocenters. The van der Waals surface area contributed by atoms with Gasteiger partial charge in [0, 0.05) is 0 Å². The van der Waals surface area contributed by atoms with E-state index in [9.17, 15) is 35.1 Å². The summed E-state index contributed by atoms with van der Waals surface area (Å²) >= 11 is 0. The zero-order valence-electron chi connectivity index (χ0n) is 11.1. The number of aliphatic hydroxyl groups excluding tert-OH is 1. The van der Waals surface area contributed by atoms with Crippen molar-refractivity contribution in [1.29, 1.82) is 0 Å². The van der Waals surface area contributed by atoms with E-state index in [0.717, 1.165) is 12.1 Å². The first-order valence-corrected chi connectivity index (χ1v) is 9.71. The van der Waals surface area contributed by atoms with Gasteiger partial charge in [0.25, 0.3) is 0 Å². The van der Waals surface area contributed by atoms with Crippen LogP contribution in [0, 0.1) is 0 Å². The lowest BCUT2D eigenvalue weighted by Gasteiger charge is -2.14. The number of halogens is 3. The van der Waals surface area contributed by atoms with Gasteiger partial charge >= 0.3 is 6.18 Å². The van der Waals surface area contributed by atoms with E-state index in [2.05, 4.69) is 0 Å². The Kier molecular flexibility index (Phi) is 4.31. The van der Waals surface area contributed by atoms with Crippen LogP contribution in [0.4, 0.5) is 13.2 Å². The summed E-state index contributed by atoms with van der Waals surface area (Å²) < 4.78 is 84.8. The van der Waals surface area contributed by atoms with Crippen LogP contribution in [-0.2, 0) is 31.6 Å². The van der Waals surface area contributed by atoms with E-state index in [4.69, 9.17) is 0 Å². The van der Waals surface area contributed by atoms with Gasteiger partial charge in [0.05, 0.1) is 28.9 Å². The van der Waals surface area contributed by atoms with Gasteiger partial charge in [-0.15, -0.1) is 0 Å². The summed E-state index contributed by atoms with van der Waals surface area (Å²) in [4.78, 5) is 0.